The van der Waals surface area contributed by atoms with Gasteiger partial charge in [0.05, 0.1) is 6.04 Å². The molecule has 0 aromatic heterocycles. The molecule has 2 saturated heterocycles. The Labute approximate surface area is 182 Å². The number of likely N-dealkylation sites (tertiary alicyclic amines) is 1. The van der Waals surface area contributed by atoms with Crippen LogP contribution in [0.4, 0.5) is 4.79 Å². The lowest BCUT2D eigenvalue weighted by Gasteiger charge is -2.33. The highest BCUT2D eigenvalue weighted by atomic mass is 16.6. The first-order valence-corrected chi connectivity index (χ1v) is 10.8. The molecule has 8 nitrogen and oxygen atoms in total. The third kappa shape index (κ3) is 6.13. The number of piperidine rings is 2. The molecular weight excluding hydrogens is 398 g/mol. The van der Waals surface area contributed by atoms with Gasteiger partial charge in [0.2, 0.25) is 11.8 Å². The van der Waals surface area contributed by atoms with Gasteiger partial charge in [-0.05, 0) is 57.1 Å². The van der Waals surface area contributed by atoms with Crippen molar-refractivity contribution in [2.75, 3.05) is 13.1 Å². The first kappa shape index (κ1) is 22.9. The van der Waals surface area contributed by atoms with E-state index in [2.05, 4.69) is 10.6 Å². The Kier molecular flexibility index (Phi) is 7.10. The lowest BCUT2D eigenvalue weighted by atomic mass is 9.87. The van der Waals surface area contributed by atoms with Crippen LogP contribution in [0.2, 0.25) is 0 Å². The Morgan fingerprint density at radius 2 is 1.94 bits per heavy atom. The molecule has 0 radical (unpaired) electrons. The smallest absolute Gasteiger partial charge is 0.410 e. The van der Waals surface area contributed by atoms with Crippen LogP contribution in [0.3, 0.4) is 0 Å². The van der Waals surface area contributed by atoms with Crippen molar-refractivity contribution < 1.29 is 23.9 Å². The zero-order valence-corrected chi connectivity index (χ0v) is 18.4. The number of hydrogen-bond donors (Lipinski definition) is 2. The van der Waals surface area contributed by atoms with Crippen LogP contribution in [0.15, 0.2) is 18.2 Å². The minimum atomic E-state index is -0.511. The third-order valence-electron chi connectivity index (χ3n) is 5.69. The van der Waals surface area contributed by atoms with Gasteiger partial charge in [0.25, 0.3) is 0 Å². The maximum atomic E-state index is 12.3. The van der Waals surface area contributed by atoms with E-state index in [1.54, 1.807) is 4.90 Å². The molecular formula is C23H31N3O5. The van der Waals surface area contributed by atoms with Crippen molar-refractivity contribution in [1.82, 2.24) is 15.5 Å². The summed E-state index contributed by atoms with van der Waals surface area (Å²) in [5, 5.41) is 5.50. The molecule has 0 bridgehead atoms. The summed E-state index contributed by atoms with van der Waals surface area (Å²) < 4.78 is 5.46. The lowest BCUT2D eigenvalue weighted by molar-refractivity contribution is -0.134. The van der Waals surface area contributed by atoms with E-state index in [1.807, 2.05) is 39.0 Å². The summed E-state index contributed by atoms with van der Waals surface area (Å²) in [5.41, 5.74) is 2.01. The van der Waals surface area contributed by atoms with Crippen molar-refractivity contribution in [3.05, 3.63) is 34.9 Å². The lowest BCUT2D eigenvalue weighted by Crippen LogP contribution is -2.50. The quantitative estimate of drug-likeness (QED) is 0.550. The number of nitrogens with zero attached hydrogens (tertiary/aromatic N) is 1. The minimum absolute atomic E-state index is 0.253. The van der Waals surface area contributed by atoms with Gasteiger partial charge < -0.3 is 15.0 Å². The molecule has 3 rings (SSSR count). The second kappa shape index (κ2) is 9.60. The Hall–Kier alpha value is -2.74. The number of ether oxygens (including phenoxy) is 1. The summed E-state index contributed by atoms with van der Waals surface area (Å²) in [6, 6.07) is 5.34. The van der Waals surface area contributed by atoms with Gasteiger partial charge in [0, 0.05) is 31.6 Å². The summed E-state index contributed by atoms with van der Waals surface area (Å²) in [6.07, 6.45) is 2.93. The predicted octanol–water partition coefficient (Wildman–Crippen LogP) is 2.51. The molecule has 0 spiro atoms. The van der Waals surface area contributed by atoms with Crippen LogP contribution in [0.1, 0.15) is 73.9 Å². The van der Waals surface area contributed by atoms with E-state index in [9.17, 15) is 19.2 Å². The highest BCUT2D eigenvalue weighted by Crippen LogP contribution is 2.30. The number of carbonyl (C=O) groups excluding carboxylic acids is 4. The van der Waals surface area contributed by atoms with Crippen molar-refractivity contribution >= 4 is 24.2 Å². The average Bonchev–Trinajstić information content (AvgIpc) is 2.72. The van der Waals surface area contributed by atoms with Crippen molar-refractivity contribution in [3.8, 4) is 0 Å². The Morgan fingerprint density at radius 1 is 1.23 bits per heavy atom. The fourth-order valence-corrected chi connectivity index (χ4v) is 3.99. The normalized spacial score (nSPS) is 20.4. The first-order valence-electron chi connectivity index (χ1n) is 10.8. The third-order valence-corrected chi connectivity index (χ3v) is 5.69. The molecule has 1 aromatic rings. The Bertz CT molecular complexity index is 853. The zero-order valence-electron chi connectivity index (χ0n) is 18.4. The zero-order chi connectivity index (χ0) is 22.6. The molecule has 1 unspecified atom stereocenters. The van der Waals surface area contributed by atoms with Crippen LogP contribution in [-0.2, 0) is 20.9 Å². The molecule has 2 fully saturated rings. The van der Waals surface area contributed by atoms with E-state index in [0.29, 0.717) is 38.0 Å². The van der Waals surface area contributed by atoms with Crippen LogP contribution in [0.5, 0.6) is 0 Å². The average molecular weight is 430 g/mol. The summed E-state index contributed by atoms with van der Waals surface area (Å²) in [4.78, 5) is 48.8. The molecule has 2 N–H and O–H groups in total. The van der Waals surface area contributed by atoms with Crippen LogP contribution in [-0.4, -0.2) is 53.8 Å². The van der Waals surface area contributed by atoms with Gasteiger partial charge in [-0.15, -0.1) is 0 Å². The van der Waals surface area contributed by atoms with Gasteiger partial charge in [-0.25, -0.2) is 4.79 Å². The highest BCUT2D eigenvalue weighted by Gasteiger charge is 2.28. The number of imide groups is 1. The summed E-state index contributed by atoms with van der Waals surface area (Å²) in [5.74, 6) is -0.292. The molecule has 1 atom stereocenters. The maximum Gasteiger partial charge on any atom is 0.410 e. The van der Waals surface area contributed by atoms with E-state index in [4.69, 9.17) is 4.74 Å². The van der Waals surface area contributed by atoms with Crippen LogP contribution in [0.25, 0.3) is 0 Å². The highest BCUT2D eigenvalue weighted by molar-refractivity contribution is 6.00. The monoisotopic (exact) mass is 429 g/mol. The Balaban J connectivity index is 1.61. The standard InChI is InChI=1S/C23H31N3O5/c1-23(2,3)31-22(30)26-10-8-15(9-11-26)16-4-5-17(14-27)18(12-16)13-24-19-6-7-20(28)25-21(19)29/h4-5,12,14-15,19,24H,6-11,13H2,1-3H3,(H,25,28,29). The summed E-state index contributed by atoms with van der Waals surface area (Å²) in [6.45, 7) is 7.19. The van der Waals surface area contributed by atoms with E-state index in [0.717, 1.165) is 30.3 Å². The number of carbonyl (C=O) groups is 4. The van der Waals surface area contributed by atoms with E-state index in [1.165, 1.54) is 0 Å². The van der Waals surface area contributed by atoms with Crippen LogP contribution < -0.4 is 10.6 Å². The van der Waals surface area contributed by atoms with E-state index >= 15 is 0 Å². The second-order valence-electron chi connectivity index (χ2n) is 9.20. The molecule has 0 saturated carbocycles. The summed E-state index contributed by atoms with van der Waals surface area (Å²) in [7, 11) is 0. The van der Waals surface area contributed by atoms with Crippen molar-refractivity contribution in [3.63, 3.8) is 0 Å². The first-order chi connectivity index (χ1) is 14.7. The van der Waals surface area contributed by atoms with Crippen molar-refractivity contribution in [2.45, 2.75) is 70.6 Å². The van der Waals surface area contributed by atoms with Crippen LogP contribution >= 0.6 is 0 Å². The van der Waals surface area contributed by atoms with Crippen LogP contribution in [0, 0.1) is 0 Å². The van der Waals surface area contributed by atoms with Gasteiger partial charge in [-0.3, -0.25) is 19.7 Å². The molecule has 2 heterocycles. The minimum Gasteiger partial charge on any atom is -0.444 e. The van der Waals surface area contributed by atoms with E-state index in [-0.39, 0.29) is 23.8 Å². The molecule has 2 aliphatic heterocycles. The predicted molar refractivity (Wildman–Crippen MR) is 115 cm³/mol. The molecule has 8 heteroatoms. The summed E-state index contributed by atoms with van der Waals surface area (Å²) >= 11 is 0. The number of amides is 3. The van der Waals surface area contributed by atoms with E-state index < -0.39 is 11.6 Å². The number of nitrogens with one attached hydrogen (secondary N) is 2. The topological polar surface area (TPSA) is 105 Å². The molecule has 1 aromatic carbocycles. The number of aldehydes is 1. The second-order valence-corrected chi connectivity index (χ2v) is 9.20. The molecule has 168 valence electrons. The molecule has 2 aliphatic rings. The van der Waals surface area contributed by atoms with Gasteiger partial charge in [-0.1, -0.05) is 18.2 Å². The SMILES string of the molecule is CC(C)(C)OC(=O)N1CCC(c2ccc(C=O)c(CNC3CCC(=O)NC3=O)c2)CC1. The number of benzene rings is 1. The van der Waals surface area contributed by atoms with Crippen molar-refractivity contribution in [2.24, 2.45) is 0 Å². The maximum absolute atomic E-state index is 12.3. The molecule has 0 aliphatic carbocycles. The fourth-order valence-electron chi connectivity index (χ4n) is 3.99. The Morgan fingerprint density at radius 3 is 2.55 bits per heavy atom. The molecule has 3 amide bonds. The fraction of sp³-hybridized carbons (Fsp3) is 0.565. The van der Waals surface area contributed by atoms with Gasteiger partial charge in [-0.2, -0.15) is 0 Å². The number of rotatable bonds is 5. The van der Waals surface area contributed by atoms with Crippen molar-refractivity contribution in [1.29, 1.82) is 0 Å². The van der Waals surface area contributed by atoms with Gasteiger partial charge in [0.1, 0.15) is 11.9 Å². The van der Waals surface area contributed by atoms with Gasteiger partial charge in [0.15, 0.2) is 0 Å². The largest absolute Gasteiger partial charge is 0.444 e. The van der Waals surface area contributed by atoms with Gasteiger partial charge >= 0.3 is 6.09 Å². The molecule has 31 heavy (non-hydrogen) atoms. The number of hydrogen-bond acceptors (Lipinski definition) is 6.